The number of benzene rings is 1. The van der Waals surface area contributed by atoms with Gasteiger partial charge in [0, 0.05) is 11.0 Å². The zero-order chi connectivity index (χ0) is 9.97. The van der Waals surface area contributed by atoms with Gasteiger partial charge in [-0.1, -0.05) is 15.9 Å². The number of halogens is 1. The summed E-state index contributed by atoms with van der Waals surface area (Å²) in [5, 5.41) is 3.29. The van der Waals surface area contributed by atoms with Crippen LogP contribution in [0.5, 0.6) is 5.75 Å². The van der Waals surface area contributed by atoms with Crippen LogP contribution in [0.4, 0.5) is 0 Å². The van der Waals surface area contributed by atoms with Gasteiger partial charge < -0.3 is 10.1 Å². The van der Waals surface area contributed by atoms with Gasteiger partial charge in [-0.3, -0.25) is 0 Å². The molecule has 1 heterocycles. The lowest BCUT2D eigenvalue weighted by Crippen LogP contribution is -2.19. The van der Waals surface area contributed by atoms with E-state index in [1.54, 1.807) is 0 Å². The van der Waals surface area contributed by atoms with Crippen molar-refractivity contribution in [1.29, 1.82) is 0 Å². The molecule has 1 atom stereocenters. The van der Waals surface area contributed by atoms with Crippen molar-refractivity contribution in [3.8, 4) is 5.75 Å². The average Bonchev–Trinajstić information content (AvgIpc) is 2.62. The number of aryl methyl sites for hydroxylation is 1. The van der Waals surface area contributed by atoms with E-state index in [0.29, 0.717) is 6.10 Å². The summed E-state index contributed by atoms with van der Waals surface area (Å²) >= 11 is 3.44. The number of nitrogens with one attached hydrogen (secondary N) is 1. The van der Waals surface area contributed by atoms with E-state index in [1.165, 1.54) is 5.56 Å². The molecule has 2 rings (SSSR count). The lowest BCUT2D eigenvalue weighted by molar-refractivity contribution is 0.221. The van der Waals surface area contributed by atoms with Gasteiger partial charge in [0.1, 0.15) is 11.9 Å². The number of hydrogen-bond donors (Lipinski definition) is 1. The molecule has 1 aliphatic heterocycles. The zero-order valence-electron chi connectivity index (χ0n) is 8.22. The molecule has 1 aliphatic rings. The van der Waals surface area contributed by atoms with Crippen molar-refractivity contribution in [2.24, 2.45) is 0 Å². The molecule has 0 bridgehead atoms. The monoisotopic (exact) mass is 255 g/mol. The third-order valence-electron chi connectivity index (χ3n) is 2.45. The molecule has 0 spiro atoms. The molecule has 1 saturated heterocycles. The predicted octanol–water partition coefficient (Wildman–Crippen LogP) is 2.50. The molecule has 2 nitrogen and oxygen atoms in total. The van der Waals surface area contributed by atoms with Gasteiger partial charge in [0.05, 0.1) is 0 Å². The van der Waals surface area contributed by atoms with Crippen molar-refractivity contribution >= 4 is 15.9 Å². The first-order chi connectivity index (χ1) is 6.75. The summed E-state index contributed by atoms with van der Waals surface area (Å²) in [5.41, 5.74) is 1.19. The quantitative estimate of drug-likeness (QED) is 0.877. The summed E-state index contributed by atoms with van der Waals surface area (Å²) in [6.07, 6.45) is 1.45. The smallest absolute Gasteiger partial charge is 0.122 e. The second-order valence-corrected chi connectivity index (χ2v) is 4.56. The number of ether oxygens (including phenoxy) is 1. The van der Waals surface area contributed by atoms with Crippen molar-refractivity contribution < 1.29 is 4.74 Å². The first-order valence-electron chi connectivity index (χ1n) is 4.89. The summed E-state index contributed by atoms with van der Waals surface area (Å²) in [7, 11) is 0. The normalized spacial score (nSPS) is 21.1. The van der Waals surface area contributed by atoms with Gasteiger partial charge in [0.25, 0.3) is 0 Å². The molecule has 1 aromatic rings. The largest absolute Gasteiger partial charge is 0.489 e. The lowest BCUT2D eigenvalue weighted by Gasteiger charge is -2.14. The minimum Gasteiger partial charge on any atom is -0.489 e. The van der Waals surface area contributed by atoms with E-state index < -0.39 is 0 Å². The number of rotatable bonds is 2. The third kappa shape index (κ3) is 2.28. The molecular formula is C11H14BrNO. The minimum absolute atomic E-state index is 0.342. The first kappa shape index (κ1) is 9.99. The Hall–Kier alpha value is -0.540. The van der Waals surface area contributed by atoms with Crippen LogP contribution in [0.2, 0.25) is 0 Å². The summed E-state index contributed by atoms with van der Waals surface area (Å²) in [5.74, 6) is 1.00. The van der Waals surface area contributed by atoms with E-state index in [1.807, 2.05) is 12.1 Å². The molecule has 1 N–H and O–H groups in total. The van der Waals surface area contributed by atoms with Gasteiger partial charge in [-0.15, -0.1) is 0 Å². The Balaban J connectivity index is 2.08. The summed E-state index contributed by atoms with van der Waals surface area (Å²) in [4.78, 5) is 0. The second-order valence-electron chi connectivity index (χ2n) is 3.64. The molecule has 0 aliphatic carbocycles. The second kappa shape index (κ2) is 4.32. The van der Waals surface area contributed by atoms with Gasteiger partial charge in [0.15, 0.2) is 0 Å². The highest BCUT2D eigenvalue weighted by molar-refractivity contribution is 9.10. The van der Waals surface area contributed by atoms with Gasteiger partial charge >= 0.3 is 0 Å². The lowest BCUT2D eigenvalue weighted by atomic mass is 10.2. The van der Waals surface area contributed by atoms with Gasteiger partial charge in [-0.05, 0) is 43.7 Å². The Kier molecular flexibility index (Phi) is 3.08. The fraction of sp³-hybridized carbons (Fsp3) is 0.455. The molecule has 0 radical (unpaired) electrons. The van der Waals surface area contributed by atoms with E-state index in [9.17, 15) is 0 Å². The highest BCUT2D eigenvalue weighted by Crippen LogP contribution is 2.24. The van der Waals surface area contributed by atoms with Crippen LogP contribution in [0, 0.1) is 6.92 Å². The summed E-state index contributed by atoms with van der Waals surface area (Å²) in [6, 6.07) is 6.13. The van der Waals surface area contributed by atoms with Gasteiger partial charge in [-0.2, -0.15) is 0 Å². The fourth-order valence-corrected chi connectivity index (χ4v) is 2.13. The van der Waals surface area contributed by atoms with E-state index >= 15 is 0 Å². The molecule has 0 unspecified atom stereocenters. The van der Waals surface area contributed by atoms with E-state index in [-0.39, 0.29) is 0 Å². The minimum atomic E-state index is 0.342. The van der Waals surface area contributed by atoms with Crippen LogP contribution < -0.4 is 10.1 Å². The topological polar surface area (TPSA) is 21.3 Å². The van der Waals surface area contributed by atoms with Gasteiger partial charge in [0.2, 0.25) is 0 Å². The Morgan fingerprint density at radius 1 is 1.50 bits per heavy atom. The maximum absolute atomic E-state index is 5.88. The molecule has 1 aromatic carbocycles. The van der Waals surface area contributed by atoms with Crippen molar-refractivity contribution in [1.82, 2.24) is 5.32 Å². The summed E-state index contributed by atoms with van der Waals surface area (Å²) < 4.78 is 6.98. The van der Waals surface area contributed by atoms with Crippen molar-refractivity contribution in [3.63, 3.8) is 0 Å². The SMILES string of the molecule is Cc1cc(Br)ccc1O[C@@H]1CCNC1. The molecule has 76 valence electrons. The van der Waals surface area contributed by atoms with Crippen LogP contribution in [0.25, 0.3) is 0 Å². The maximum atomic E-state index is 5.88. The first-order valence-corrected chi connectivity index (χ1v) is 5.68. The molecule has 3 heteroatoms. The van der Waals surface area contributed by atoms with Crippen LogP contribution in [0.1, 0.15) is 12.0 Å². The maximum Gasteiger partial charge on any atom is 0.122 e. The van der Waals surface area contributed by atoms with E-state index in [0.717, 1.165) is 29.7 Å². The van der Waals surface area contributed by atoms with Crippen LogP contribution >= 0.6 is 15.9 Å². The molecule has 14 heavy (non-hydrogen) atoms. The molecule has 1 fully saturated rings. The van der Waals surface area contributed by atoms with E-state index in [4.69, 9.17) is 4.74 Å². The highest BCUT2D eigenvalue weighted by Gasteiger charge is 2.16. The van der Waals surface area contributed by atoms with Crippen LogP contribution in [0.15, 0.2) is 22.7 Å². The third-order valence-corrected chi connectivity index (χ3v) is 2.94. The Morgan fingerprint density at radius 2 is 2.36 bits per heavy atom. The van der Waals surface area contributed by atoms with Crippen molar-refractivity contribution in [2.45, 2.75) is 19.4 Å². The predicted molar refractivity (Wildman–Crippen MR) is 60.8 cm³/mol. The Bertz CT molecular complexity index is 321. The number of hydrogen-bond acceptors (Lipinski definition) is 2. The Labute approximate surface area is 92.8 Å². The van der Waals surface area contributed by atoms with Crippen LogP contribution in [0.3, 0.4) is 0 Å². The van der Waals surface area contributed by atoms with Gasteiger partial charge in [-0.25, -0.2) is 0 Å². The molecule has 0 saturated carbocycles. The standard InChI is InChI=1S/C11H14BrNO/c1-8-6-9(12)2-3-11(8)14-10-4-5-13-7-10/h2-3,6,10,13H,4-5,7H2,1H3/t10-/m1/s1. The van der Waals surface area contributed by atoms with Crippen molar-refractivity contribution in [2.75, 3.05) is 13.1 Å². The zero-order valence-corrected chi connectivity index (χ0v) is 9.80. The molecular weight excluding hydrogens is 242 g/mol. The van der Waals surface area contributed by atoms with Crippen molar-refractivity contribution in [3.05, 3.63) is 28.2 Å². The Morgan fingerprint density at radius 3 is 3.00 bits per heavy atom. The molecule has 0 aromatic heterocycles. The van der Waals surface area contributed by atoms with E-state index in [2.05, 4.69) is 34.2 Å². The summed E-state index contributed by atoms with van der Waals surface area (Å²) in [6.45, 7) is 4.11. The fourth-order valence-electron chi connectivity index (χ4n) is 1.65. The van der Waals surface area contributed by atoms with Crippen LogP contribution in [-0.2, 0) is 0 Å². The molecule has 0 amide bonds. The highest BCUT2D eigenvalue weighted by atomic mass is 79.9. The average molecular weight is 256 g/mol. The van der Waals surface area contributed by atoms with Crippen LogP contribution in [-0.4, -0.2) is 19.2 Å².